The molecule has 1 aliphatic rings. The molecule has 2 aromatic rings. The molecular weight excluding hydrogens is 368 g/mol. The predicted octanol–water partition coefficient (Wildman–Crippen LogP) is 4.28. The number of amides is 2. The molecule has 1 aromatic carbocycles. The van der Waals surface area contributed by atoms with Gasteiger partial charge < -0.3 is 9.80 Å². The van der Waals surface area contributed by atoms with Crippen LogP contribution in [0.5, 0.6) is 0 Å². The molecule has 0 bridgehead atoms. The highest BCUT2D eigenvalue weighted by Gasteiger charge is 2.35. The Balaban J connectivity index is 1.89. The van der Waals surface area contributed by atoms with Gasteiger partial charge in [0.2, 0.25) is 11.8 Å². The lowest BCUT2D eigenvalue weighted by atomic mass is 9.92. The minimum Gasteiger partial charge on any atom is -0.330 e. The summed E-state index contributed by atoms with van der Waals surface area (Å²) < 4.78 is 0. The fourth-order valence-electron chi connectivity index (χ4n) is 3.68. The van der Waals surface area contributed by atoms with Crippen molar-refractivity contribution < 1.29 is 9.59 Å². The van der Waals surface area contributed by atoms with Gasteiger partial charge in [-0.3, -0.25) is 9.59 Å². The lowest BCUT2D eigenvalue weighted by Gasteiger charge is -2.38. The zero-order valence-corrected chi connectivity index (χ0v) is 17.7. The third kappa shape index (κ3) is 4.20. The third-order valence-corrected chi connectivity index (χ3v) is 6.00. The van der Waals surface area contributed by atoms with Crippen molar-refractivity contribution in [1.29, 1.82) is 0 Å². The van der Waals surface area contributed by atoms with E-state index in [-0.39, 0.29) is 24.4 Å². The minimum atomic E-state index is -0.537. The Hall–Kier alpha value is -2.40. The van der Waals surface area contributed by atoms with Gasteiger partial charge in [0.05, 0.1) is 6.04 Å². The van der Waals surface area contributed by atoms with Crippen molar-refractivity contribution in [3.63, 3.8) is 0 Å². The van der Waals surface area contributed by atoms with E-state index >= 15 is 0 Å². The maximum absolute atomic E-state index is 13.3. The van der Waals surface area contributed by atoms with Crippen molar-refractivity contribution in [3.05, 3.63) is 70.4 Å². The number of rotatable bonds is 5. The van der Waals surface area contributed by atoms with Crippen LogP contribution in [0.3, 0.4) is 0 Å². The van der Waals surface area contributed by atoms with Crippen LogP contribution in [0.1, 0.15) is 42.8 Å². The van der Waals surface area contributed by atoms with Crippen LogP contribution in [0.15, 0.2) is 54.4 Å². The summed E-state index contributed by atoms with van der Waals surface area (Å²) in [5, 5.41) is 2.10. The Morgan fingerprint density at radius 1 is 1.25 bits per heavy atom. The van der Waals surface area contributed by atoms with Gasteiger partial charge in [0.25, 0.3) is 0 Å². The monoisotopic (exact) mass is 396 g/mol. The lowest BCUT2D eigenvalue weighted by Crippen LogP contribution is -2.49. The van der Waals surface area contributed by atoms with E-state index in [2.05, 4.69) is 30.2 Å². The third-order valence-electron chi connectivity index (χ3n) is 5.01. The van der Waals surface area contributed by atoms with Crippen LogP contribution in [0.4, 0.5) is 0 Å². The van der Waals surface area contributed by atoms with Crippen LogP contribution in [0.25, 0.3) is 0 Å². The largest absolute Gasteiger partial charge is 0.330 e. The molecule has 1 aromatic heterocycles. The Kier molecular flexibility index (Phi) is 6.04. The van der Waals surface area contributed by atoms with Crippen LogP contribution in [0, 0.1) is 5.41 Å². The fourth-order valence-corrected chi connectivity index (χ4v) is 4.59. The van der Waals surface area contributed by atoms with E-state index in [1.54, 1.807) is 22.3 Å². The highest BCUT2D eigenvalue weighted by molar-refractivity contribution is 7.10. The summed E-state index contributed by atoms with van der Waals surface area (Å²) >= 11 is 1.75. The van der Waals surface area contributed by atoms with Crippen LogP contribution < -0.4 is 0 Å². The molecule has 1 atom stereocenters. The smallest absolute Gasteiger partial charge is 0.243 e. The molecule has 1 aliphatic heterocycles. The number of hydrogen-bond donors (Lipinski definition) is 0. The maximum Gasteiger partial charge on any atom is 0.243 e. The standard InChI is InChI=1S/C23H28N2O2S/c1-5-13-24(22(27)23(2,3)4)16-20(26)25-14-11-19-18(12-15-28-19)21(25)17-9-7-6-8-10-17/h5-10,12,15,21H,1,11,13-14,16H2,2-4H3. The van der Waals surface area contributed by atoms with Crippen molar-refractivity contribution in [2.45, 2.75) is 33.2 Å². The Labute approximate surface area is 171 Å². The average molecular weight is 397 g/mol. The highest BCUT2D eigenvalue weighted by atomic mass is 32.1. The summed E-state index contributed by atoms with van der Waals surface area (Å²) in [6.45, 7) is 10.5. The molecule has 3 rings (SSSR count). The van der Waals surface area contributed by atoms with Crippen molar-refractivity contribution in [3.8, 4) is 0 Å². The first kappa shape index (κ1) is 20.3. The van der Waals surface area contributed by atoms with Gasteiger partial charge >= 0.3 is 0 Å². The predicted molar refractivity (Wildman–Crippen MR) is 114 cm³/mol. The number of nitrogens with zero attached hydrogens (tertiary/aromatic N) is 2. The van der Waals surface area contributed by atoms with Crippen molar-refractivity contribution >= 4 is 23.2 Å². The number of carbonyl (C=O) groups excluding carboxylic acids is 2. The number of carbonyl (C=O) groups is 2. The molecule has 4 nitrogen and oxygen atoms in total. The Morgan fingerprint density at radius 3 is 2.61 bits per heavy atom. The molecule has 0 spiro atoms. The SMILES string of the molecule is C=CCN(CC(=O)N1CCc2sccc2C1c1ccccc1)C(=O)C(C)(C)C. The van der Waals surface area contributed by atoms with E-state index in [0.29, 0.717) is 13.1 Å². The lowest BCUT2D eigenvalue weighted by molar-refractivity contribution is -0.145. The van der Waals surface area contributed by atoms with Gasteiger partial charge in [-0.1, -0.05) is 57.2 Å². The van der Waals surface area contributed by atoms with E-state index in [9.17, 15) is 9.59 Å². The molecule has 28 heavy (non-hydrogen) atoms. The number of hydrogen-bond acceptors (Lipinski definition) is 3. The number of thiophene rings is 1. The quantitative estimate of drug-likeness (QED) is 0.708. The Bertz CT molecular complexity index is 851. The number of fused-ring (bicyclic) bond motifs is 1. The van der Waals surface area contributed by atoms with Crippen molar-refractivity contribution in [1.82, 2.24) is 9.80 Å². The van der Waals surface area contributed by atoms with Gasteiger partial charge in [-0.2, -0.15) is 0 Å². The van der Waals surface area contributed by atoms with Crippen LogP contribution in [-0.4, -0.2) is 41.2 Å². The van der Waals surface area contributed by atoms with Gasteiger partial charge in [0, 0.05) is 23.4 Å². The van der Waals surface area contributed by atoms with Gasteiger partial charge in [-0.25, -0.2) is 0 Å². The molecular formula is C23H28N2O2S. The van der Waals surface area contributed by atoms with Gasteiger partial charge in [-0.05, 0) is 29.0 Å². The first-order chi connectivity index (χ1) is 13.3. The summed E-state index contributed by atoms with van der Waals surface area (Å²) in [5.41, 5.74) is 1.77. The van der Waals surface area contributed by atoms with Gasteiger partial charge in [0.15, 0.2) is 0 Å². The molecule has 0 radical (unpaired) electrons. The second-order valence-electron chi connectivity index (χ2n) is 8.17. The van der Waals surface area contributed by atoms with E-state index in [1.165, 1.54) is 10.4 Å². The van der Waals surface area contributed by atoms with Gasteiger partial charge in [0.1, 0.15) is 6.54 Å². The van der Waals surface area contributed by atoms with E-state index in [4.69, 9.17) is 0 Å². The normalized spacial score (nSPS) is 16.4. The summed E-state index contributed by atoms with van der Waals surface area (Å²) in [6.07, 6.45) is 2.54. The molecule has 148 valence electrons. The highest BCUT2D eigenvalue weighted by Crippen LogP contribution is 2.37. The minimum absolute atomic E-state index is 0.0230. The van der Waals surface area contributed by atoms with Crippen LogP contribution in [0.2, 0.25) is 0 Å². The second kappa shape index (κ2) is 8.31. The maximum atomic E-state index is 13.3. The van der Waals surface area contributed by atoms with Crippen LogP contribution in [-0.2, 0) is 16.0 Å². The van der Waals surface area contributed by atoms with Crippen molar-refractivity contribution in [2.75, 3.05) is 19.6 Å². The zero-order chi connectivity index (χ0) is 20.3. The fraction of sp³-hybridized carbons (Fsp3) is 0.391. The zero-order valence-electron chi connectivity index (χ0n) is 16.9. The van der Waals surface area contributed by atoms with Gasteiger partial charge in [-0.15, -0.1) is 17.9 Å². The van der Waals surface area contributed by atoms with E-state index < -0.39 is 5.41 Å². The molecule has 0 fully saturated rings. The topological polar surface area (TPSA) is 40.6 Å². The molecule has 0 N–H and O–H groups in total. The second-order valence-corrected chi connectivity index (χ2v) is 9.17. The summed E-state index contributed by atoms with van der Waals surface area (Å²) in [7, 11) is 0. The molecule has 5 heteroatoms. The molecule has 2 amide bonds. The van der Waals surface area contributed by atoms with E-state index in [0.717, 1.165) is 12.0 Å². The Morgan fingerprint density at radius 2 is 1.96 bits per heavy atom. The van der Waals surface area contributed by atoms with Crippen molar-refractivity contribution in [2.24, 2.45) is 5.41 Å². The first-order valence-electron chi connectivity index (χ1n) is 9.64. The molecule has 2 heterocycles. The molecule has 1 unspecified atom stereocenters. The average Bonchev–Trinajstić information content (AvgIpc) is 3.15. The molecule has 0 saturated carbocycles. The summed E-state index contributed by atoms with van der Waals surface area (Å²) in [5.74, 6) is -0.0598. The molecule has 0 aliphatic carbocycles. The molecule has 0 saturated heterocycles. The number of benzene rings is 1. The van der Waals surface area contributed by atoms with E-state index in [1.807, 2.05) is 43.9 Å². The van der Waals surface area contributed by atoms with Crippen LogP contribution >= 0.6 is 11.3 Å². The summed E-state index contributed by atoms with van der Waals surface area (Å²) in [4.78, 5) is 31.0. The summed E-state index contributed by atoms with van der Waals surface area (Å²) in [6, 6.07) is 12.2. The first-order valence-corrected chi connectivity index (χ1v) is 10.5.